The number of hydrogen-bond acceptors (Lipinski definition) is 1. The van der Waals surface area contributed by atoms with Crippen LogP contribution in [0.2, 0.25) is 0 Å². The minimum absolute atomic E-state index is 0.0694. The summed E-state index contributed by atoms with van der Waals surface area (Å²) in [5.74, 6) is 0. The van der Waals surface area contributed by atoms with Gasteiger partial charge in [0.1, 0.15) is 0 Å². The van der Waals surface area contributed by atoms with E-state index in [1.807, 2.05) is 6.92 Å². The van der Waals surface area contributed by atoms with Gasteiger partial charge in [-0.1, -0.05) is 26.7 Å². The summed E-state index contributed by atoms with van der Waals surface area (Å²) in [6.07, 6.45) is 3.45. The fourth-order valence-electron chi connectivity index (χ4n) is 0.530. The maximum absolute atomic E-state index is 9.30. The minimum atomic E-state index is 0.0694. The second kappa shape index (κ2) is 12.6. The van der Waals surface area contributed by atoms with Crippen LogP contribution in [0.5, 0.6) is 0 Å². The quantitative estimate of drug-likeness (QED) is 0.601. The lowest BCUT2D eigenvalue weighted by atomic mass is 10.3. The van der Waals surface area contributed by atoms with Crippen molar-refractivity contribution in [2.45, 2.75) is 33.1 Å². The molecule has 0 rings (SSSR count). The zero-order valence-corrected chi connectivity index (χ0v) is 8.44. The Morgan fingerprint density at radius 3 is 1.64 bits per heavy atom. The highest BCUT2D eigenvalue weighted by molar-refractivity contribution is 4.24. The minimum Gasteiger partial charge on any atom is -0.854 e. The highest BCUT2D eigenvalue weighted by Crippen LogP contribution is 1.77. The summed E-state index contributed by atoms with van der Waals surface area (Å²) >= 11 is 0. The number of unbranched alkanes of at least 4 members (excludes halogenated alkanes) is 1. The van der Waals surface area contributed by atoms with E-state index in [0.29, 0.717) is 0 Å². The van der Waals surface area contributed by atoms with Crippen molar-refractivity contribution in [1.29, 1.82) is 0 Å². The maximum atomic E-state index is 9.30. The molecule has 2 nitrogen and oxygen atoms in total. The van der Waals surface area contributed by atoms with E-state index in [0.717, 1.165) is 6.42 Å². The smallest absolute Gasteiger partial charge is 0.0766 e. The lowest BCUT2D eigenvalue weighted by Gasteiger charge is -2.03. The maximum Gasteiger partial charge on any atom is 0.0766 e. The average Bonchev–Trinajstić information content (AvgIpc) is 2.01. The van der Waals surface area contributed by atoms with E-state index in [4.69, 9.17) is 0 Å². The Balaban J connectivity index is 0. The zero-order chi connectivity index (χ0) is 9.11. The van der Waals surface area contributed by atoms with E-state index in [1.165, 1.54) is 19.4 Å². The van der Waals surface area contributed by atoms with Crippen LogP contribution in [0.4, 0.5) is 0 Å². The fourth-order valence-corrected chi connectivity index (χ4v) is 0.530. The number of rotatable bonds is 4. The third kappa shape index (κ3) is 25.7. The summed E-state index contributed by atoms with van der Waals surface area (Å²) in [6, 6.07) is 0. The SMILES string of the molecule is CCCC[NH+](C)C.CCC[O-]. The summed E-state index contributed by atoms with van der Waals surface area (Å²) < 4.78 is 0. The Labute approximate surface area is 71.2 Å². The van der Waals surface area contributed by atoms with Crippen LogP contribution in [0.15, 0.2) is 0 Å². The van der Waals surface area contributed by atoms with E-state index in [2.05, 4.69) is 21.0 Å². The van der Waals surface area contributed by atoms with E-state index in [-0.39, 0.29) is 6.61 Å². The fraction of sp³-hybridized carbons (Fsp3) is 1.00. The molecule has 70 valence electrons. The third-order valence-corrected chi connectivity index (χ3v) is 1.23. The molecule has 1 N–H and O–H groups in total. The molecule has 0 aliphatic heterocycles. The van der Waals surface area contributed by atoms with Crippen LogP contribution >= 0.6 is 0 Å². The molecule has 0 aliphatic rings. The van der Waals surface area contributed by atoms with Crippen molar-refractivity contribution >= 4 is 0 Å². The van der Waals surface area contributed by atoms with E-state index < -0.39 is 0 Å². The van der Waals surface area contributed by atoms with Gasteiger partial charge >= 0.3 is 0 Å². The van der Waals surface area contributed by atoms with Gasteiger partial charge in [-0.2, -0.15) is 0 Å². The van der Waals surface area contributed by atoms with Crippen molar-refractivity contribution in [1.82, 2.24) is 0 Å². The van der Waals surface area contributed by atoms with Crippen molar-refractivity contribution in [2.24, 2.45) is 0 Å². The van der Waals surface area contributed by atoms with Gasteiger partial charge in [-0.05, 0) is 6.42 Å². The van der Waals surface area contributed by atoms with Gasteiger partial charge in [0.05, 0.1) is 20.6 Å². The molecule has 0 aliphatic carbocycles. The standard InChI is InChI=1S/C6H15N.C3H7O/c1-4-5-6-7(2)3;1-2-3-4/h4-6H2,1-3H3;2-3H2,1H3/q;-1/p+1. The third-order valence-electron chi connectivity index (χ3n) is 1.23. The van der Waals surface area contributed by atoms with Crippen LogP contribution in [-0.2, 0) is 0 Å². The highest BCUT2D eigenvalue weighted by Gasteiger charge is 1.87. The van der Waals surface area contributed by atoms with E-state index >= 15 is 0 Å². The van der Waals surface area contributed by atoms with Gasteiger partial charge in [-0.25, -0.2) is 0 Å². The number of quaternary nitrogens is 1. The molecule has 0 unspecified atom stereocenters. The van der Waals surface area contributed by atoms with Crippen molar-refractivity contribution in [3.63, 3.8) is 0 Å². The topological polar surface area (TPSA) is 27.5 Å². The first kappa shape index (κ1) is 13.5. The highest BCUT2D eigenvalue weighted by atomic mass is 16.2. The van der Waals surface area contributed by atoms with Crippen molar-refractivity contribution < 1.29 is 10.0 Å². The Hall–Kier alpha value is -0.0800. The molecule has 0 fully saturated rings. The molecule has 0 saturated heterocycles. The number of nitrogens with one attached hydrogen (secondary N) is 1. The zero-order valence-electron chi connectivity index (χ0n) is 8.44. The Morgan fingerprint density at radius 1 is 1.09 bits per heavy atom. The van der Waals surface area contributed by atoms with Crippen LogP contribution in [-0.4, -0.2) is 27.2 Å². The molecule has 0 aromatic rings. The normalized spacial score (nSPS) is 9.27. The number of hydrogen-bond donors (Lipinski definition) is 1. The summed E-state index contributed by atoms with van der Waals surface area (Å²) in [7, 11) is 4.38. The van der Waals surface area contributed by atoms with Gasteiger partial charge < -0.3 is 10.0 Å². The van der Waals surface area contributed by atoms with Gasteiger partial charge in [0.25, 0.3) is 0 Å². The molecule has 0 aromatic carbocycles. The first-order valence-corrected chi connectivity index (χ1v) is 4.56. The van der Waals surface area contributed by atoms with Crippen LogP contribution in [0.25, 0.3) is 0 Å². The van der Waals surface area contributed by atoms with E-state index in [9.17, 15) is 5.11 Å². The molecule has 0 spiro atoms. The largest absolute Gasteiger partial charge is 0.854 e. The summed E-state index contributed by atoms with van der Waals surface area (Å²) in [5.41, 5.74) is 0. The van der Waals surface area contributed by atoms with Crippen LogP contribution in [0.3, 0.4) is 0 Å². The molecule has 2 heteroatoms. The van der Waals surface area contributed by atoms with Gasteiger partial charge in [-0.3, -0.25) is 0 Å². The van der Waals surface area contributed by atoms with Gasteiger partial charge in [0.2, 0.25) is 0 Å². The van der Waals surface area contributed by atoms with Crippen molar-refractivity contribution in [3.05, 3.63) is 0 Å². The molecular weight excluding hydrogens is 138 g/mol. The molecule has 0 aromatic heterocycles. The van der Waals surface area contributed by atoms with Crippen molar-refractivity contribution in [2.75, 3.05) is 27.2 Å². The molecular formula is C9H23NO. The Bertz CT molecular complexity index is 53.5. The Kier molecular flexibility index (Phi) is 15.4. The second-order valence-electron chi connectivity index (χ2n) is 3.01. The van der Waals surface area contributed by atoms with Crippen LogP contribution in [0.1, 0.15) is 33.1 Å². The average molecular weight is 161 g/mol. The first-order valence-electron chi connectivity index (χ1n) is 4.56. The lowest BCUT2D eigenvalue weighted by molar-refractivity contribution is -0.858. The summed E-state index contributed by atoms with van der Waals surface area (Å²) in [4.78, 5) is 1.56. The lowest BCUT2D eigenvalue weighted by Crippen LogP contribution is -3.05. The van der Waals surface area contributed by atoms with Gasteiger partial charge in [-0.15, -0.1) is 6.61 Å². The van der Waals surface area contributed by atoms with Crippen molar-refractivity contribution in [3.8, 4) is 0 Å². The van der Waals surface area contributed by atoms with E-state index in [1.54, 1.807) is 4.90 Å². The predicted octanol–water partition coefficient (Wildman–Crippen LogP) is -0.312. The summed E-state index contributed by atoms with van der Waals surface area (Å²) in [5, 5.41) is 9.30. The molecule has 0 radical (unpaired) electrons. The first-order chi connectivity index (χ1) is 5.18. The van der Waals surface area contributed by atoms with Crippen LogP contribution < -0.4 is 10.0 Å². The summed E-state index contributed by atoms with van der Waals surface area (Å²) in [6.45, 7) is 5.48. The predicted molar refractivity (Wildman–Crippen MR) is 47.7 cm³/mol. The molecule has 11 heavy (non-hydrogen) atoms. The second-order valence-corrected chi connectivity index (χ2v) is 3.01. The molecule has 0 amide bonds. The van der Waals surface area contributed by atoms with Gasteiger partial charge in [0, 0.05) is 0 Å². The molecule has 0 atom stereocenters. The molecule has 0 saturated carbocycles. The van der Waals surface area contributed by atoms with Crippen LogP contribution in [0, 0.1) is 0 Å². The van der Waals surface area contributed by atoms with Gasteiger partial charge in [0.15, 0.2) is 0 Å². The molecule has 0 heterocycles. The monoisotopic (exact) mass is 161 g/mol. The molecule has 0 bridgehead atoms. The Morgan fingerprint density at radius 2 is 1.55 bits per heavy atom.